The van der Waals surface area contributed by atoms with Crippen LogP contribution in [0.3, 0.4) is 0 Å². The zero-order chi connectivity index (χ0) is 30.3. The average Bonchev–Trinajstić information content (AvgIpc) is 2.94. The lowest BCUT2D eigenvalue weighted by atomic mass is 9.64. The summed E-state index contributed by atoms with van der Waals surface area (Å²) in [5, 5.41) is 5.20. The van der Waals surface area contributed by atoms with Crippen LogP contribution in [-0.4, -0.2) is 66.3 Å². The minimum absolute atomic E-state index is 0.173. The lowest BCUT2D eigenvalue weighted by Gasteiger charge is -2.44. The lowest BCUT2D eigenvalue weighted by Crippen LogP contribution is -2.48. The van der Waals surface area contributed by atoms with Crippen molar-refractivity contribution in [3.63, 3.8) is 0 Å². The summed E-state index contributed by atoms with van der Waals surface area (Å²) in [6.45, 7) is 4.98. The van der Waals surface area contributed by atoms with Crippen LogP contribution in [0.25, 0.3) is 0 Å². The van der Waals surface area contributed by atoms with E-state index in [-0.39, 0.29) is 9.49 Å². The van der Waals surface area contributed by atoms with Crippen LogP contribution in [0.2, 0.25) is 0 Å². The van der Waals surface area contributed by atoms with E-state index < -0.39 is 10.2 Å². The van der Waals surface area contributed by atoms with Gasteiger partial charge in [0.1, 0.15) is 0 Å². The highest BCUT2D eigenvalue weighted by atomic mass is 32.2. The lowest BCUT2D eigenvalue weighted by molar-refractivity contribution is 0.202. The van der Waals surface area contributed by atoms with Gasteiger partial charge in [-0.3, -0.25) is 0 Å². The third kappa shape index (κ3) is 8.19. The van der Waals surface area contributed by atoms with Crippen LogP contribution in [0.4, 0.5) is 0 Å². The van der Waals surface area contributed by atoms with Crippen molar-refractivity contribution in [2.75, 3.05) is 53.5 Å². The summed E-state index contributed by atoms with van der Waals surface area (Å²) < 4.78 is 45.7. The van der Waals surface area contributed by atoms with Gasteiger partial charge < -0.3 is 18.9 Å². The molecule has 41 heavy (non-hydrogen) atoms. The number of nitrogens with two attached hydrogens (primary N) is 1. The van der Waals surface area contributed by atoms with Crippen molar-refractivity contribution >= 4 is 33.7 Å². The number of rotatable bonds is 11. The van der Waals surface area contributed by atoms with Gasteiger partial charge in [0.25, 0.3) is 10.2 Å². The molecule has 2 aliphatic rings. The van der Waals surface area contributed by atoms with Crippen LogP contribution in [0, 0.1) is 5.92 Å². The van der Waals surface area contributed by atoms with E-state index in [9.17, 15) is 8.42 Å². The molecule has 2 aromatic rings. The van der Waals surface area contributed by atoms with Crippen LogP contribution in [0.5, 0.6) is 23.0 Å². The molecule has 0 amide bonds. The molecule has 230 valence electrons. The number of ether oxygens (including phenoxy) is 4. The van der Waals surface area contributed by atoms with E-state index in [1.807, 2.05) is 24.3 Å². The van der Waals surface area contributed by atoms with E-state index in [1.165, 1.54) is 41.3 Å². The predicted molar refractivity (Wildman–Crippen MR) is 171 cm³/mol. The number of hydrogen-bond donors (Lipinski definition) is 1. The topological polar surface area (TPSA) is 100 Å². The largest absolute Gasteiger partial charge is 0.493 e. The van der Waals surface area contributed by atoms with Crippen molar-refractivity contribution in [2.45, 2.75) is 55.4 Å². The maximum atomic E-state index is 11.5. The maximum Gasteiger partial charge on any atom is 0.276 e. The molecule has 0 unspecified atom stereocenters. The molecule has 0 atom stereocenters. The molecule has 0 radical (unpaired) electrons. The fourth-order valence-corrected chi connectivity index (χ4v) is 9.58. The number of methoxy groups -OCH3 is 4. The fourth-order valence-electron chi connectivity index (χ4n) is 5.41. The van der Waals surface area contributed by atoms with Crippen molar-refractivity contribution < 1.29 is 27.4 Å². The molecule has 11 heteroatoms. The summed E-state index contributed by atoms with van der Waals surface area (Å²) in [7, 11) is 4.41. The van der Waals surface area contributed by atoms with E-state index in [4.69, 9.17) is 24.1 Å². The van der Waals surface area contributed by atoms with Crippen LogP contribution in [0.15, 0.2) is 36.4 Å². The van der Waals surface area contributed by atoms with Crippen molar-refractivity contribution in [1.29, 1.82) is 0 Å². The SMILES string of the molecule is COc1ccc(C2(CC(C)C)SCCCS2)cc1OC.COc1ccc(C2(CN(C)S(N)(=O)=O)CCC2)cc1OC. The van der Waals surface area contributed by atoms with E-state index in [2.05, 4.69) is 49.5 Å². The van der Waals surface area contributed by atoms with Gasteiger partial charge in [-0.2, -0.15) is 12.7 Å². The van der Waals surface area contributed by atoms with Crippen LogP contribution >= 0.6 is 23.5 Å². The Labute approximate surface area is 255 Å². The molecule has 0 spiro atoms. The molecule has 2 aromatic carbocycles. The maximum absolute atomic E-state index is 11.5. The summed E-state index contributed by atoms with van der Waals surface area (Å²) in [4.78, 5) is 0. The molecule has 2 N–H and O–H groups in total. The second kappa shape index (κ2) is 14.6. The van der Waals surface area contributed by atoms with Gasteiger partial charge in [0.15, 0.2) is 23.0 Å². The highest BCUT2D eigenvalue weighted by Gasteiger charge is 2.41. The van der Waals surface area contributed by atoms with Gasteiger partial charge in [-0.1, -0.05) is 32.4 Å². The Bertz CT molecular complexity index is 1240. The summed E-state index contributed by atoms with van der Waals surface area (Å²) in [6, 6.07) is 12.1. The standard InChI is InChI=1S/C16H24O2S2.C14H22N2O4S/c1-12(2)11-16(19-8-5-9-20-16)13-6-7-14(17-3)15(10-13)18-4;1-16(21(15,17)18)10-14(7-4-8-14)11-5-6-12(19-2)13(9-11)20-3/h6-7,10,12H,5,8-9,11H2,1-4H3;5-6,9H,4,7-8,10H2,1-3H3,(H2,15,17,18). The normalized spacial score (nSPS) is 17.7. The van der Waals surface area contributed by atoms with Gasteiger partial charge in [-0.25, -0.2) is 5.14 Å². The molecule has 0 aromatic heterocycles. The summed E-state index contributed by atoms with van der Waals surface area (Å²) in [5.41, 5.74) is 2.22. The molecule has 8 nitrogen and oxygen atoms in total. The summed E-state index contributed by atoms with van der Waals surface area (Å²) in [6.07, 6.45) is 5.44. The second-order valence-electron chi connectivity index (χ2n) is 11.0. The van der Waals surface area contributed by atoms with Crippen molar-refractivity contribution in [3.8, 4) is 23.0 Å². The van der Waals surface area contributed by atoms with Gasteiger partial charge in [-0.15, -0.1) is 23.5 Å². The minimum atomic E-state index is -3.67. The first kappa shape index (κ1) is 33.7. The fraction of sp³-hybridized carbons (Fsp3) is 0.600. The molecular weight excluding hydrogens is 581 g/mol. The van der Waals surface area contributed by atoms with Gasteiger partial charge in [0.05, 0.1) is 32.5 Å². The Kier molecular flexibility index (Phi) is 12.0. The molecule has 4 rings (SSSR count). The molecule has 0 bridgehead atoms. The third-order valence-corrected chi connectivity index (χ3v) is 12.2. The van der Waals surface area contributed by atoms with Gasteiger partial charge in [0.2, 0.25) is 0 Å². The van der Waals surface area contributed by atoms with Crippen molar-refractivity contribution in [2.24, 2.45) is 11.1 Å². The Morgan fingerprint density at radius 2 is 1.32 bits per heavy atom. The number of nitrogens with zero attached hydrogens (tertiary/aromatic N) is 1. The molecular formula is C30H46N2O6S3. The van der Waals surface area contributed by atoms with Gasteiger partial charge in [-0.05, 0) is 78.5 Å². The zero-order valence-electron chi connectivity index (χ0n) is 25.4. The Hall–Kier alpha value is -1.79. The smallest absolute Gasteiger partial charge is 0.276 e. The first-order valence-electron chi connectivity index (χ1n) is 13.9. The first-order valence-corrected chi connectivity index (χ1v) is 17.4. The minimum Gasteiger partial charge on any atom is -0.493 e. The summed E-state index contributed by atoms with van der Waals surface area (Å²) in [5.74, 6) is 6.13. The van der Waals surface area contributed by atoms with E-state index in [0.717, 1.165) is 36.3 Å². The third-order valence-electron chi connectivity index (χ3n) is 7.73. The van der Waals surface area contributed by atoms with Crippen molar-refractivity contribution in [1.82, 2.24) is 4.31 Å². The quantitative estimate of drug-likeness (QED) is 0.323. The Morgan fingerprint density at radius 3 is 1.73 bits per heavy atom. The Balaban J connectivity index is 0.000000226. The predicted octanol–water partition coefficient (Wildman–Crippen LogP) is 6.03. The van der Waals surface area contributed by atoms with Crippen LogP contribution < -0.4 is 24.1 Å². The van der Waals surface area contributed by atoms with Crippen LogP contribution in [-0.2, 0) is 19.7 Å². The average molecular weight is 627 g/mol. The molecule has 1 saturated carbocycles. The molecule has 1 aliphatic carbocycles. The molecule has 1 saturated heterocycles. The van der Waals surface area contributed by atoms with Gasteiger partial charge >= 0.3 is 0 Å². The number of benzene rings is 2. The highest BCUT2D eigenvalue weighted by Crippen LogP contribution is 2.55. The van der Waals surface area contributed by atoms with Crippen molar-refractivity contribution in [3.05, 3.63) is 47.5 Å². The zero-order valence-corrected chi connectivity index (χ0v) is 27.8. The molecule has 1 aliphatic heterocycles. The monoisotopic (exact) mass is 626 g/mol. The number of likely N-dealkylation sites (N-methyl/N-ethyl adjacent to an activating group) is 1. The number of hydrogen-bond acceptors (Lipinski definition) is 8. The van der Waals surface area contributed by atoms with Crippen LogP contribution in [0.1, 0.15) is 57.1 Å². The first-order chi connectivity index (χ1) is 19.4. The van der Waals surface area contributed by atoms with E-state index >= 15 is 0 Å². The number of thioether (sulfide) groups is 2. The Morgan fingerprint density at radius 1 is 0.829 bits per heavy atom. The van der Waals surface area contributed by atoms with Gasteiger partial charge in [0, 0.05) is 19.0 Å². The second-order valence-corrected chi connectivity index (χ2v) is 15.7. The molecule has 2 fully saturated rings. The molecule has 1 heterocycles. The summed E-state index contributed by atoms with van der Waals surface area (Å²) >= 11 is 4.18. The van der Waals surface area contributed by atoms with E-state index in [0.29, 0.717) is 24.0 Å². The highest BCUT2D eigenvalue weighted by molar-refractivity contribution is 8.18. The van der Waals surface area contributed by atoms with E-state index in [1.54, 1.807) is 28.4 Å².